The van der Waals surface area contributed by atoms with E-state index in [1.807, 2.05) is 36.0 Å². The van der Waals surface area contributed by atoms with Crippen molar-refractivity contribution in [1.29, 1.82) is 0 Å². The Labute approximate surface area is 173 Å². The topological polar surface area (TPSA) is 80.2 Å². The first-order valence-electron chi connectivity index (χ1n) is 9.07. The standard InChI is InChI=1S/C22H18FN3O3S/c1-26-13-12-19-20(6-3-7-21(19)26)24-22(27)15-4-2-5-18(14-15)30(28,29)25-17-10-8-16(23)9-11-17/h2-14,25H,1H3,(H,24,27). The molecule has 1 aromatic heterocycles. The molecule has 0 spiro atoms. The van der Waals surface area contributed by atoms with Crippen LogP contribution in [-0.4, -0.2) is 18.9 Å². The summed E-state index contributed by atoms with van der Waals surface area (Å²) in [6, 6.07) is 18.2. The van der Waals surface area contributed by atoms with E-state index in [0.29, 0.717) is 5.69 Å². The lowest BCUT2D eigenvalue weighted by Crippen LogP contribution is -2.16. The van der Waals surface area contributed by atoms with E-state index in [4.69, 9.17) is 0 Å². The third-order valence-electron chi connectivity index (χ3n) is 4.68. The number of rotatable bonds is 5. The molecule has 1 amide bonds. The average Bonchev–Trinajstić information content (AvgIpc) is 3.12. The summed E-state index contributed by atoms with van der Waals surface area (Å²) in [6.45, 7) is 0. The Balaban J connectivity index is 1.59. The van der Waals surface area contributed by atoms with Crippen LogP contribution >= 0.6 is 0 Å². The highest BCUT2D eigenvalue weighted by Gasteiger charge is 2.17. The smallest absolute Gasteiger partial charge is 0.261 e. The van der Waals surface area contributed by atoms with Crippen molar-refractivity contribution in [2.24, 2.45) is 7.05 Å². The van der Waals surface area contributed by atoms with Gasteiger partial charge in [0.15, 0.2) is 0 Å². The first kappa shape index (κ1) is 19.7. The van der Waals surface area contributed by atoms with Gasteiger partial charge in [-0.15, -0.1) is 0 Å². The number of sulfonamides is 1. The van der Waals surface area contributed by atoms with Crippen molar-refractivity contribution in [2.45, 2.75) is 4.90 Å². The second-order valence-corrected chi connectivity index (χ2v) is 8.44. The zero-order valence-corrected chi connectivity index (χ0v) is 16.8. The van der Waals surface area contributed by atoms with Crippen LogP contribution in [0.25, 0.3) is 10.9 Å². The number of carbonyl (C=O) groups excluding carboxylic acids is 1. The van der Waals surface area contributed by atoms with Crippen LogP contribution in [0.1, 0.15) is 10.4 Å². The van der Waals surface area contributed by atoms with E-state index in [2.05, 4.69) is 10.0 Å². The summed E-state index contributed by atoms with van der Waals surface area (Å²) in [5.74, 6) is -0.893. The van der Waals surface area contributed by atoms with Crippen molar-refractivity contribution in [3.63, 3.8) is 0 Å². The molecule has 0 radical (unpaired) electrons. The SMILES string of the molecule is Cn1ccc2c(NC(=O)c3cccc(S(=O)(=O)Nc4ccc(F)cc4)c3)cccc21. The number of hydrogen-bond acceptors (Lipinski definition) is 3. The molecule has 0 aliphatic rings. The second-order valence-electron chi connectivity index (χ2n) is 6.76. The molecule has 3 aromatic carbocycles. The van der Waals surface area contributed by atoms with Gasteiger partial charge in [-0.05, 0) is 60.7 Å². The second kappa shape index (κ2) is 7.64. The van der Waals surface area contributed by atoms with E-state index in [0.717, 1.165) is 23.0 Å². The predicted molar refractivity (Wildman–Crippen MR) is 115 cm³/mol. The Morgan fingerprint density at radius 1 is 0.967 bits per heavy atom. The number of aromatic nitrogens is 1. The summed E-state index contributed by atoms with van der Waals surface area (Å²) < 4.78 is 42.7. The van der Waals surface area contributed by atoms with Gasteiger partial charge in [-0.25, -0.2) is 12.8 Å². The van der Waals surface area contributed by atoms with Crippen molar-refractivity contribution in [3.8, 4) is 0 Å². The molecule has 0 fully saturated rings. The quantitative estimate of drug-likeness (QED) is 0.500. The number of fused-ring (bicyclic) bond motifs is 1. The van der Waals surface area contributed by atoms with Crippen molar-refractivity contribution in [1.82, 2.24) is 4.57 Å². The summed E-state index contributed by atoms with van der Waals surface area (Å²) >= 11 is 0. The van der Waals surface area contributed by atoms with Crippen LogP contribution in [0.15, 0.2) is 83.9 Å². The van der Waals surface area contributed by atoms with Gasteiger partial charge in [-0.1, -0.05) is 12.1 Å². The summed E-state index contributed by atoms with van der Waals surface area (Å²) in [7, 11) is -2.03. The highest BCUT2D eigenvalue weighted by molar-refractivity contribution is 7.92. The van der Waals surface area contributed by atoms with Crippen molar-refractivity contribution < 1.29 is 17.6 Å². The van der Waals surface area contributed by atoms with Crippen molar-refractivity contribution in [2.75, 3.05) is 10.0 Å². The van der Waals surface area contributed by atoms with Gasteiger partial charge < -0.3 is 9.88 Å². The molecule has 8 heteroatoms. The Morgan fingerprint density at radius 2 is 1.70 bits per heavy atom. The fourth-order valence-corrected chi connectivity index (χ4v) is 4.25. The number of anilines is 2. The van der Waals surface area contributed by atoms with Crippen molar-refractivity contribution in [3.05, 3.63) is 90.4 Å². The van der Waals surface area contributed by atoms with E-state index in [9.17, 15) is 17.6 Å². The van der Waals surface area contributed by atoms with E-state index in [-0.39, 0.29) is 16.1 Å². The number of nitrogens with zero attached hydrogens (tertiary/aromatic N) is 1. The Hall–Kier alpha value is -3.65. The molecular weight excluding hydrogens is 405 g/mol. The van der Waals surface area contributed by atoms with Gasteiger partial charge in [-0.3, -0.25) is 9.52 Å². The Kier molecular flexibility index (Phi) is 5.01. The van der Waals surface area contributed by atoms with E-state index >= 15 is 0 Å². The zero-order chi connectivity index (χ0) is 21.3. The molecule has 0 saturated carbocycles. The molecule has 0 aliphatic carbocycles. The summed E-state index contributed by atoms with van der Waals surface area (Å²) in [4.78, 5) is 12.7. The Bertz CT molecular complexity index is 1350. The lowest BCUT2D eigenvalue weighted by molar-refractivity contribution is 0.102. The minimum Gasteiger partial charge on any atom is -0.350 e. The first-order valence-corrected chi connectivity index (χ1v) is 10.6. The molecule has 0 unspecified atom stereocenters. The lowest BCUT2D eigenvalue weighted by atomic mass is 10.2. The van der Waals surface area contributed by atoms with Crippen LogP contribution in [0.5, 0.6) is 0 Å². The first-order chi connectivity index (χ1) is 14.3. The van der Waals surface area contributed by atoms with Gasteiger partial charge >= 0.3 is 0 Å². The molecule has 0 aliphatic heterocycles. The van der Waals surface area contributed by atoms with Crippen LogP contribution in [0.2, 0.25) is 0 Å². The fraction of sp³-hybridized carbons (Fsp3) is 0.0455. The molecule has 0 atom stereocenters. The number of hydrogen-bond donors (Lipinski definition) is 2. The van der Waals surface area contributed by atoms with E-state index in [1.54, 1.807) is 6.07 Å². The number of aryl methyl sites for hydroxylation is 1. The molecule has 152 valence electrons. The van der Waals surface area contributed by atoms with Crippen LogP contribution < -0.4 is 10.0 Å². The van der Waals surface area contributed by atoms with Crippen molar-refractivity contribution >= 4 is 38.2 Å². The maximum absolute atomic E-state index is 13.0. The van der Waals surface area contributed by atoms with Crippen LogP contribution in [0, 0.1) is 5.82 Å². The molecule has 4 aromatic rings. The van der Waals surface area contributed by atoms with Crippen LogP contribution in [0.4, 0.5) is 15.8 Å². The monoisotopic (exact) mass is 423 g/mol. The third-order valence-corrected chi connectivity index (χ3v) is 6.06. The number of carbonyl (C=O) groups is 1. The van der Waals surface area contributed by atoms with Crippen LogP contribution in [-0.2, 0) is 17.1 Å². The number of nitrogens with one attached hydrogen (secondary N) is 2. The van der Waals surface area contributed by atoms with Gasteiger partial charge in [0.1, 0.15) is 5.82 Å². The van der Waals surface area contributed by atoms with Gasteiger partial charge in [-0.2, -0.15) is 0 Å². The molecule has 0 bridgehead atoms. The van der Waals surface area contributed by atoms with E-state index < -0.39 is 21.7 Å². The maximum atomic E-state index is 13.0. The third kappa shape index (κ3) is 3.90. The molecule has 30 heavy (non-hydrogen) atoms. The molecule has 6 nitrogen and oxygen atoms in total. The van der Waals surface area contributed by atoms with Gasteiger partial charge in [0.25, 0.3) is 15.9 Å². The van der Waals surface area contributed by atoms with Gasteiger partial charge in [0, 0.05) is 35.4 Å². The highest BCUT2D eigenvalue weighted by atomic mass is 32.2. The average molecular weight is 423 g/mol. The number of benzene rings is 3. The van der Waals surface area contributed by atoms with Gasteiger partial charge in [0.05, 0.1) is 10.6 Å². The summed E-state index contributed by atoms with van der Waals surface area (Å²) in [5.41, 5.74) is 2.02. The minimum atomic E-state index is -3.94. The zero-order valence-electron chi connectivity index (χ0n) is 16.0. The molecule has 2 N–H and O–H groups in total. The summed E-state index contributed by atoms with van der Waals surface area (Å²) in [5, 5.41) is 3.72. The number of amides is 1. The lowest BCUT2D eigenvalue weighted by Gasteiger charge is -2.10. The largest absolute Gasteiger partial charge is 0.350 e. The molecule has 4 rings (SSSR count). The minimum absolute atomic E-state index is 0.0719. The number of halogens is 1. The molecule has 0 saturated heterocycles. The predicted octanol–water partition coefficient (Wildman–Crippen LogP) is 4.37. The molecule has 1 heterocycles. The van der Waals surface area contributed by atoms with E-state index in [1.165, 1.54) is 36.4 Å². The molecular formula is C22H18FN3O3S. The maximum Gasteiger partial charge on any atom is 0.261 e. The normalized spacial score (nSPS) is 11.4. The van der Waals surface area contributed by atoms with Crippen LogP contribution in [0.3, 0.4) is 0 Å². The summed E-state index contributed by atoms with van der Waals surface area (Å²) in [6.07, 6.45) is 1.90. The Morgan fingerprint density at radius 3 is 2.47 bits per heavy atom. The fourth-order valence-electron chi connectivity index (χ4n) is 3.14. The van der Waals surface area contributed by atoms with Gasteiger partial charge in [0.2, 0.25) is 0 Å². The highest BCUT2D eigenvalue weighted by Crippen LogP contribution is 2.25.